The van der Waals surface area contributed by atoms with Gasteiger partial charge in [-0.15, -0.1) is 0 Å². The molecule has 3 nitrogen and oxygen atoms in total. The molecule has 0 unspecified atom stereocenters. The molecule has 90 valence electrons. The van der Waals surface area contributed by atoms with Crippen LogP contribution < -0.4 is 0 Å². The second-order valence-corrected chi connectivity index (χ2v) is 3.59. The average molecular weight is 232 g/mol. The first-order valence-corrected chi connectivity index (χ1v) is 5.32. The van der Waals surface area contributed by atoms with Gasteiger partial charge >= 0.3 is 0 Å². The highest BCUT2D eigenvalue weighted by atomic mass is 16.5. The first kappa shape index (κ1) is 13.0. The molecule has 2 rings (SSSR count). The van der Waals surface area contributed by atoms with E-state index in [2.05, 4.69) is 36.4 Å². The number of fused-ring (bicyclic) bond motifs is 1. The topological polar surface area (TPSA) is 46.5 Å². The molecule has 0 atom stereocenters. The van der Waals surface area contributed by atoms with Gasteiger partial charge in [-0.2, -0.15) is 0 Å². The summed E-state index contributed by atoms with van der Waals surface area (Å²) in [5.74, 6) is -0.833. The minimum absolute atomic E-state index is 0.833. The first-order valence-electron chi connectivity index (χ1n) is 5.32. The zero-order chi connectivity index (χ0) is 12.7. The number of hydrogen-bond donors (Lipinski definition) is 1. The van der Waals surface area contributed by atoms with E-state index >= 15 is 0 Å². The molecule has 17 heavy (non-hydrogen) atoms. The molecule has 1 aliphatic carbocycles. The van der Waals surface area contributed by atoms with E-state index < -0.39 is 5.97 Å². The Hall–Kier alpha value is -2.03. The maximum absolute atomic E-state index is 9.00. The second-order valence-electron chi connectivity index (χ2n) is 3.59. The standard InChI is InChI=1S/C12H12O.C2H4O2/c1-13-9-11-7-4-6-10-5-2-3-8-12(10)11;1-2(3)4/h2-5,7-9H,6H2,1H3;1H3,(H,3,4). The van der Waals surface area contributed by atoms with Crippen LogP contribution in [0.1, 0.15) is 18.1 Å². The Morgan fingerprint density at radius 1 is 1.41 bits per heavy atom. The number of carbonyl (C=O) groups is 1. The third kappa shape index (κ3) is 4.15. The van der Waals surface area contributed by atoms with Gasteiger partial charge in [-0.25, -0.2) is 0 Å². The monoisotopic (exact) mass is 232 g/mol. The summed E-state index contributed by atoms with van der Waals surface area (Å²) >= 11 is 0. The minimum atomic E-state index is -0.833. The number of carboxylic acids is 1. The number of methoxy groups -OCH3 is 1. The lowest BCUT2D eigenvalue weighted by Gasteiger charge is -2.12. The molecule has 1 aromatic carbocycles. The smallest absolute Gasteiger partial charge is 0.300 e. The maximum Gasteiger partial charge on any atom is 0.300 e. The number of benzene rings is 1. The van der Waals surface area contributed by atoms with Crippen molar-refractivity contribution in [1.82, 2.24) is 0 Å². The molecule has 3 heteroatoms. The van der Waals surface area contributed by atoms with Crippen LogP contribution in [0.3, 0.4) is 0 Å². The van der Waals surface area contributed by atoms with Gasteiger partial charge in [-0.05, 0) is 17.5 Å². The number of ether oxygens (including phenoxy) is 1. The Morgan fingerprint density at radius 3 is 2.71 bits per heavy atom. The van der Waals surface area contributed by atoms with Crippen LogP contribution in [0, 0.1) is 0 Å². The predicted octanol–water partition coefficient (Wildman–Crippen LogP) is 2.88. The van der Waals surface area contributed by atoms with E-state index in [1.807, 2.05) is 0 Å². The Labute approximate surface area is 101 Å². The van der Waals surface area contributed by atoms with Crippen LogP contribution in [0.5, 0.6) is 0 Å². The van der Waals surface area contributed by atoms with Gasteiger partial charge in [0.25, 0.3) is 5.97 Å². The molecule has 0 saturated carbocycles. The SMILES string of the molecule is CC(=O)O.COC=C1C=CCc2ccccc21. The quantitative estimate of drug-likeness (QED) is 0.757. The number of carboxylic acid groups (broad SMARTS) is 1. The zero-order valence-electron chi connectivity index (χ0n) is 10.0. The van der Waals surface area contributed by atoms with E-state index in [0.717, 1.165) is 18.9 Å². The molecule has 0 bridgehead atoms. The Balaban J connectivity index is 0.000000317. The van der Waals surface area contributed by atoms with Crippen LogP contribution in [0.2, 0.25) is 0 Å². The van der Waals surface area contributed by atoms with Crippen molar-refractivity contribution in [1.29, 1.82) is 0 Å². The average Bonchev–Trinajstić information content (AvgIpc) is 2.29. The summed E-state index contributed by atoms with van der Waals surface area (Å²) in [7, 11) is 1.68. The van der Waals surface area contributed by atoms with E-state index in [4.69, 9.17) is 14.6 Å². The van der Waals surface area contributed by atoms with Crippen LogP contribution in [0.15, 0.2) is 42.7 Å². The fourth-order valence-electron chi connectivity index (χ4n) is 1.61. The molecular weight excluding hydrogens is 216 g/mol. The van der Waals surface area contributed by atoms with Crippen LogP contribution in [-0.4, -0.2) is 18.2 Å². The molecule has 0 aliphatic heterocycles. The van der Waals surface area contributed by atoms with Gasteiger partial charge in [-0.1, -0.05) is 36.4 Å². The summed E-state index contributed by atoms with van der Waals surface area (Å²) in [6, 6.07) is 8.41. The van der Waals surface area contributed by atoms with E-state index in [1.54, 1.807) is 13.4 Å². The van der Waals surface area contributed by atoms with Gasteiger partial charge in [0.1, 0.15) is 0 Å². The Morgan fingerprint density at radius 2 is 2.06 bits per heavy atom. The highest BCUT2D eigenvalue weighted by Gasteiger charge is 2.07. The molecule has 0 amide bonds. The van der Waals surface area contributed by atoms with E-state index in [1.165, 1.54) is 11.1 Å². The van der Waals surface area contributed by atoms with Gasteiger partial charge < -0.3 is 9.84 Å². The molecule has 1 aromatic rings. The number of aliphatic carboxylic acids is 1. The molecule has 0 aromatic heterocycles. The van der Waals surface area contributed by atoms with E-state index in [9.17, 15) is 0 Å². The Bertz CT molecular complexity index is 441. The van der Waals surface area contributed by atoms with Crippen molar-refractivity contribution in [2.24, 2.45) is 0 Å². The molecule has 1 N–H and O–H groups in total. The summed E-state index contributed by atoms with van der Waals surface area (Å²) < 4.78 is 5.02. The lowest BCUT2D eigenvalue weighted by atomic mass is 9.93. The molecule has 0 heterocycles. The highest BCUT2D eigenvalue weighted by molar-refractivity contribution is 5.77. The Kier molecular flexibility index (Phi) is 5.01. The molecule has 0 spiro atoms. The number of rotatable bonds is 1. The highest BCUT2D eigenvalue weighted by Crippen LogP contribution is 2.25. The summed E-state index contributed by atoms with van der Waals surface area (Å²) in [5.41, 5.74) is 3.81. The largest absolute Gasteiger partial charge is 0.504 e. The van der Waals surface area contributed by atoms with Crippen molar-refractivity contribution >= 4 is 11.5 Å². The first-order chi connectivity index (χ1) is 8.15. The third-order valence-electron chi connectivity index (χ3n) is 2.21. The maximum atomic E-state index is 9.00. The van der Waals surface area contributed by atoms with Crippen molar-refractivity contribution < 1.29 is 14.6 Å². The molecule has 1 aliphatic rings. The van der Waals surface area contributed by atoms with Crippen molar-refractivity contribution in [2.75, 3.05) is 7.11 Å². The van der Waals surface area contributed by atoms with Gasteiger partial charge in [0, 0.05) is 12.5 Å². The van der Waals surface area contributed by atoms with E-state index in [0.29, 0.717) is 0 Å². The third-order valence-corrected chi connectivity index (χ3v) is 2.21. The molecule has 0 saturated heterocycles. The normalized spacial score (nSPS) is 14.6. The lowest BCUT2D eigenvalue weighted by Crippen LogP contribution is -1.95. The fourth-order valence-corrected chi connectivity index (χ4v) is 1.61. The summed E-state index contributed by atoms with van der Waals surface area (Å²) in [4.78, 5) is 9.00. The predicted molar refractivity (Wildman–Crippen MR) is 67.6 cm³/mol. The fraction of sp³-hybridized carbons (Fsp3) is 0.214. The lowest BCUT2D eigenvalue weighted by molar-refractivity contribution is -0.134. The summed E-state index contributed by atoms with van der Waals surface area (Å²) in [5, 5.41) is 7.42. The van der Waals surface area contributed by atoms with Crippen LogP contribution in [0.25, 0.3) is 5.57 Å². The molecular formula is C14H16O3. The second kappa shape index (κ2) is 6.53. The van der Waals surface area contributed by atoms with Crippen molar-refractivity contribution in [2.45, 2.75) is 13.3 Å². The van der Waals surface area contributed by atoms with E-state index in [-0.39, 0.29) is 0 Å². The zero-order valence-corrected chi connectivity index (χ0v) is 10.0. The van der Waals surface area contributed by atoms with Gasteiger partial charge in [0.2, 0.25) is 0 Å². The minimum Gasteiger partial charge on any atom is -0.504 e. The number of allylic oxidation sites excluding steroid dienone is 3. The summed E-state index contributed by atoms with van der Waals surface area (Å²) in [6.45, 7) is 1.08. The van der Waals surface area contributed by atoms with Crippen LogP contribution >= 0.6 is 0 Å². The molecule has 0 fully saturated rings. The van der Waals surface area contributed by atoms with Crippen LogP contribution in [0.4, 0.5) is 0 Å². The van der Waals surface area contributed by atoms with Crippen LogP contribution in [-0.2, 0) is 16.0 Å². The van der Waals surface area contributed by atoms with Gasteiger partial charge in [0.05, 0.1) is 13.4 Å². The van der Waals surface area contributed by atoms with Crippen molar-refractivity contribution in [3.05, 3.63) is 53.8 Å². The van der Waals surface area contributed by atoms with Crippen molar-refractivity contribution in [3.63, 3.8) is 0 Å². The van der Waals surface area contributed by atoms with Gasteiger partial charge in [0.15, 0.2) is 0 Å². The van der Waals surface area contributed by atoms with Gasteiger partial charge in [-0.3, -0.25) is 4.79 Å². The number of hydrogen-bond acceptors (Lipinski definition) is 2. The summed E-state index contributed by atoms with van der Waals surface area (Å²) in [6.07, 6.45) is 7.07. The van der Waals surface area contributed by atoms with Crippen molar-refractivity contribution in [3.8, 4) is 0 Å². The molecule has 0 radical (unpaired) electrons.